The number of amides is 1. The summed E-state index contributed by atoms with van der Waals surface area (Å²) in [4.78, 5) is 12.5. The molecule has 0 saturated carbocycles. The van der Waals surface area contributed by atoms with E-state index in [0.717, 1.165) is 22.4 Å². The second-order valence-corrected chi connectivity index (χ2v) is 7.68. The van der Waals surface area contributed by atoms with Crippen LogP contribution < -0.4 is 19.6 Å². The van der Waals surface area contributed by atoms with Crippen LogP contribution in [0.2, 0.25) is 0 Å². The van der Waals surface area contributed by atoms with Gasteiger partial charge >= 0.3 is 0 Å². The average molecular weight is 467 g/mol. The van der Waals surface area contributed by atoms with Gasteiger partial charge in [-0.05, 0) is 59.2 Å². The largest absolute Gasteiger partial charge is 0.493 e. The molecular formula is C29H26N2O4. The number of hydrazone groups is 1. The second kappa shape index (κ2) is 12.0. The van der Waals surface area contributed by atoms with Gasteiger partial charge in [-0.2, -0.15) is 5.10 Å². The predicted octanol–water partition coefficient (Wildman–Crippen LogP) is 5.62. The van der Waals surface area contributed by atoms with Crippen LogP contribution >= 0.6 is 0 Å². The fourth-order valence-corrected chi connectivity index (χ4v) is 3.28. The Morgan fingerprint density at radius 1 is 0.771 bits per heavy atom. The Kier molecular flexibility index (Phi) is 8.11. The van der Waals surface area contributed by atoms with E-state index in [1.165, 1.54) is 7.11 Å². The first-order valence-electron chi connectivity index (χ1n) is 11.2. The van der Waals surface area contributed by atoms with Crippen LogP contribution in [-0.4, -0.2) is 19.2 Å². The highest BCUT2D eigenvalue weighted by Crippen LogP contribution is 2.29. The minimum absolute atomic E-state index is 0.350. The van der Waals surface area contributed by atoms with Gasteiger partial charge < -0.3 is 14.2 Å². The number of hydrogen-bond acceptors (Lipinski definition) is 5. The van der Waals surface area contributed by atoms with Crippen molar-refractivity contribution in [3.8, 4) is 17.2 Å². The third kappa shape index (κ3) is 6.95. The van der Waals surface area contributed by atoms with Crippen LogP contribution in [0.1, 0.15) is 27.0 Å². The Balaban J connectivity index is 1.29. The Morgan fingerprint density at radius 3 is 2.03 bits per heavy atom. The summed E-state index contributed by atoms with van der Waals surface area (Å²) in [7, 11) is 1.54. The van der Waals surface area contributed by atoms with Crippen LogP contribution in [0.5, 0.6) is 17.2 Å². The number of carbonyl (C=O) groups excluding carboxylic acids is 1. The summed E-state index contributed by atoms with van der Waals surface area (Å²) < 4.78 is 17.0. The molecule has 0 spiro atoms. The molecule has 6 heteroatoms. The van der Waals surface area contributed by atoms with Crippen molar-refractivity contribution < 1.29 is 19.0 Å². The molecule has 176 valence electrons. The monoisotopic (exact) mass is 466 g/mol. The molecule has 0 fully saturated rings. The summed E-state index contributed by atoms with van der Waals surface area (Å²) in [6.07, 6.45) is 1.58. The molecule has 4 aromatic carbocycles. The molecule has 0 aliphatic carbocycles. The number of rotatable bonds is 10. The number of nitrogens with zero attached hydrogens (tertiary/aromatic N) is 1. The number of carbonyl (C=O) groups is 1. The van der Waals surface area contributed by atoms with E-state index in [9.17, 15) is 4.79 Å². The zero-order valence-corrected chi connectivity index (χ0v) is 19.4. The SMILES string of the molecule is COc1cc(C(=O)N/N=C/c2ccc(OCc3ccccc3)cc2)ccc1OCc1ccccc1. The van der Waals surface area contributed by atoms with Gasteiger partial charge in [-0.1, -0.05) is 60.7 Å². The summed E-state index contributed by atoms with van der Waals surface area (Å²) in [6, 6.07) is 32.3. The fraction of sp³-hybridized carbons (Fsp3) is 0.103. The normalized spacial score (nSPS) is 10.7. The van der Waals surface area contributed by atoms with E-state index in [4.69, 9.17) is 14.2 Å². The van der Waals surface area contributed by atoms with E-state index in [0.29, 0.717) is 30.3 Å². The lowest BCUT2D eigenvalue weighted by Crippen LogP contribution is -2.17. The first-order valence-corrected chi connectivity index (χ1v) is 11.2. The van der Waals surface area contributed by atoms with Gasteiger partial charge in [-0.25, -0.2) is 5.43 Å². The zero-order chi connectivity index (χ0) is 24.3. The van der Waals surface area contributed by atoms with E-state index in [-0.39, 0.29) is 5.91 Å². The summed E-state index contributed by atoms with van der Waals surface area (Å²) in [6.45, 7) is 0.910. The third-order valence-corrected chi connectivity index (χ3v) is 5.17. The van der Waals surface area contributed by atoms with Crippen LogP contribution in [0.15, 0.2) is 108 Å². The van der Waals surface area contributed by atoms with E-state index < -0.39 is 0 Å². The maximum absolute atomic E-state index is 12.5. The minimum Gasteiger partial charge on any atom is -0.493 e. The molecule has 4 rings (SSSR count). The van der Waals surface area contributed by atoms with Crippen LogP contribution in [0.3, 0.4) is 0 Å². The summed E-state index contributed by atoms with van der Waals surface area (Å²) >= 11 is 0. The summed E-state index contributed by atoms with van der Waals surface area (Å²) in [5.74, 6) is 1.45. The Bertz CT molecular complexity index is 1260. The zero-order valence-electron chi connectivity index (χ0n) is 19.4. The molecule has 0 bridgehead atoms. The van der Waals surface area contributed by atoms with Crippen molar-refractivity contribution in [1.82, 2.24) is 5.43 Å². The fourth-order valence-electron chi connectivity index (χ4n) is 3.28. The predicted molar refractivity (Wildman–Crippen MR) is 136 cm³/mol. The third-order valence-electron chi connectivity index (χ3n) is 5.17. The van der Waals surface area contributed by atoms with Crippen LogP contribution in [-0.2, 0) is 13.2 Å². The van der Waals surface area contributed by atoms with Gasteiger partial charge in [0.15, 0.2) is 11.5 Å². The van der Waals surface area contributed by atoms with E-state index >= 15 is 0 Å². The molecule has 1 N–H and O–H groups in total. The van der Waals surface area contributed by atoms with E-state index in [1.807, 2.05) is 84.9 Å². The number of methoxy groups -OCH3 is 1. The first-order chi connectivity index (χ1) is 17.2. The van der Waals surface area contributed by atoms with Crippen molar-refractivity contribution >= 4 is 12.1 Å². The number of hydrogen-bond donors (Lipinski definition) is 1. The van der Waals surface area contributed by atoms with Gasteiger partial charge in [0, 0.05) is 5.56 Å². The maximum atomic E-state index is 12.5. The topological polar surface area (TPSA) is 69.2 Å². The summed E-state index contributed by atoms with van der Waals surface area (Å²) in [5.41, 5.74) is 5.93. The Labute approximate surface area is 204 Å². The first kappa shape index (κ1) is 23.6. The van der Waals surface area contributed by atoms with Crippen molar-refractivity contribution in [3.63, 3.8) is 0 Å². The van der Waals surface area contributed by atoms with Crippen molar-refractivity contribution in [2.45, 2.75) is 13.2 Å². The molecule has 0 heterocycles. The van der Waals surface area contributed by atoms with Gasteiger partial charge in [0.2, 0.25) is 0 Å². The van der Waals surface area contributed by atoms with Gasteiger partial charge in [0.1, 0.15) is 19.0 Å². The lowest BCUT2D eigenvalue weighted by atomic mass is 10.2. The van der Waals surface area contributed by atoms with Crippen LogP contribution in [0.4, 0.5) is 0 Å². The molecule has 0 aliphatic heterocycles. The molecular weight excluding hydrogens is 440 g/mol. The minimum atomic E-state index is -0.350. The van der Waals surface area contributed by atoms with Crippen LogP contribution in [0, 0.1) is 0 Å². The van der Waals surface area contributed by atoms with Gasteiger partial charge in [0.25, 0.3) is 5.91 Å². The Morgan fingerprint density at radius 2 is 1.40 bits per heavy atom. The Hall–Kier alpha value is -4.58. The molecule has 0 radical (unpaired) electrons. The standard InChI is InChI=1S/C29H26N2O4/c1-33-28-18-25(14-17-27(28)35-21-24-10-6-3-7-11-24)29(32)31-30-19-22-12-15-26(16-13-22)34-20-23-8-4-2-5-9-23/h2-19H,20-21H2,1H3,(H,31,32)/b30-19+. The number of ether oxygens (including phenoxy) is 3. The molecule has 6 nitrogen and oxygen atoms in total. The quantitative estimate of drug-likeness (QED) is 0.243. The summed E-state index contributed by atoms with van der Waals surface area (Å²) in [5, 5.41) is 4.06. The van der Waals surface area contributed by atoms with Crippen molar-refractivity contribution in [2.75, 3.05) is 7.11 Å². The highest BCUT2D eigenvalue weighted by Gasteiger charge is 2.11. The van der Waals surface area contributed by atoms with Crippen molar-refractivity contribution in [2.24, 2.45) is 5.10 Å². The van der Waals surface area contributed by atoms with Crippen LogP contribution in [0.25, 0.3) is 0 Å². The van der Waals surface area contributed by atoms with E-state index in [2.05, 4.69) is 10.5 Å². The highest BCUT2D eigenvalue weighted by atomic mass is 16.5. The van der Waals surface area contributed by atoms with Gasteiger partial charge in [-0.3, -0.25) is 4.79 Å². The molecule has 35 heavy (non-hydrogen) atoms. The lowest BCUT2D eigenvalue weighted by molar-refractivity contribution is 0.0954. The molecule has 1 amide bonds. The smallest absolute Gasteiger partial charge is 0.271 e. The second-order valence-electron chi connectivity index (χ2n) is 7.68. The number of benzene rings is 4. The lowest BCUT2D eigenvalue weighted by Gasteiger charge is -2.12. The van der Waals surface area contributed by atoms with Crippen molar-refractivity contribution in [3.05, 3.63) is 125 Å². The molecule has 0 aliphatic rings. The molecule has 0 aromatic heterocycles. The van der Waals surface area contributed by atoms with E-state index in [1.54, 1.807) is 24.4 Å². The molecule has 0 saturated heterocycles. The molecule has 4 aromatic rings. The van der Waals surface area contributed by atoms with Gasteiger partial charge in [-0.15, -0.1) is 0 Å². The molecule has 0 unspecified atom stereocenters. The van der Waals surface area contributed by atoms with Crippen molar-refractivity contribution in [1.29, 1.82) is 0 Å². The average Bonchev–Trinajstić information content (AvgIpc) is 2.92. The van der Waals surface area contributed by atoms with Gasteiger partial charge in [0.05, 0.1) is 13.3 Å². The molecule has 0 atom stereocenters. The number of nitrogens with one attached hydrogen (secondary N) is 1. The highest BCUT2D eigenvalue weighted by molar-refractivity contribution is 5.95. The maximum Gasteiger partial charge on any atom is 0.271 e.